The molecule has 0 saturated carbocycles. The second-order valence-electron chi connectivity index (χ2n) is 7.33. The first-order valence-corrected chi connectivity index (χ1v) is 10.1. The van der Waals surface area contributed by atoms with E-state index in [9.17, 15) is 0 Å². The summed E-state index contributed by atoms with van der Waals surface area (Å²) in [4.78, 5) is 7.72. The number of nitrogens with one attached hydrogen (secondary N) is 3. The van der Waals surface area contributed by atoms with Crippen molar-refractivity contribution in [1.82, 2.24) is 25.4 Å². The molecule has 0 aliphatic heterocycles. The summed E-state index contributed by atoms with van der Waals surface area (Å²) < 4.78 is 7.17. The van der Waals surface area contributed by atoms with Crippen LogP contribution in [-0.4, -0.2) is 48.0 Å². The van der Waals surface area contributed by atoms with Crippen molar-refractivity contribution in [2.24, 2.45) is 4.99 Å². The second kappa shape index (κ2) is 11.4. The minimum absolute atomic E-state index is 0. The van der Waals surface area contributed by atoms with Gasteiger partial charge in [0, 0.05) is 55.6 Å². The van der Waals surface area contributed by atoms with E-state index in [2.05, 4.69) is 64.0 Å². The van der Waals surface area contributed by atoms with Crippen molar-refractivity contribution in [2.45, 2.75) is 40.3 Å². The number of nitrogens with zero attached hydrogens (tertiary/aromatic N) is 3. The maximum atomic E-state index is 5.17. The van der Waals surface area contributed by atoms with Crippen molar-refractivity contribution >= 4 is 40.8 Å². The largest absolute Gasteiger partial charge is 0.383 e. The number of benzene rings is 1. The Morgan fingerprint density at radius 1 is 1.23 bits per heavy atom. The van der Waals surface area contributed by atoms with Crippen LogP contribution < -0.4 is 10.6 Å². The molecule has 0 unspecified atom stereocenters. The molecule has 0 aliphatic carbocycles. The molecule has 3 N–H and O–H groups in total. The van der Waals surface area contributed by atoms with E-state index < -0.39 is 0 Å². The fraction of sp³-hybridized carbons (Fsp3) is 0.455. The average Bonchev–Trinajstić information content (AvgIpc) is 3.23. The third-order valence-electron chi connectivity index (χ3n) is 5.30. The van der Waals surface area contributed by atoms with Gasteiger partial charge in [-0.25, -0.2) is 0 Å². The van der Waals surface area contributed by atoms with Gasteiger partial charge in [0.15, 0.2) is 5.96 Å². The van der Waals surface area contributed by atoms with Gasteiger partial charge in [0.1, 0.15) is 0 Å². The molecule has 0 aliphatic rings. The smallest absolute Gasteiger partial charge is 0.191 e. The number of H-pyrrole nitrogens is 1. The van der Waals surface area contributed by atoms with Gasteiger partial charge in [-0.05, 0) is 44.4 Å². The zero-order valence-electron chi connectivity index (χ0n) is 18.5. The zero-order chi connectivity index (χ0) is 20.8. The van der Waals surface area contributed by atoms with E-state index >= 15 is 0 Å². The van der Waals surface area contributed by atoms with Crippen molar-refractivity contribution in [3.63, 3.8) is 0 Å². The summed E-state index contributed by atoms with van der Waals surface area (Å²) >= 11 is 0. The normalized spacial score (nSPS) is 11.6. The summed E-state index contributed by atoms with van der Waals surface area (Å²) in [6.45, 7) is 9.18. The Hall–Kier alpha value is -2.07. The topological polar surface area (TPSA) is 79.3 Å². The number of guanidine groups is 1. The molecule has 3 aromatic rings. The van der Waals surface area contributed by atoms with Crippen molar-refractivity contribution in [3.05, 3.63) is 52.5 Å². The van der Waals surface area contributed by atoms with Gasteiger partial charge in [-0.1, -0.05) is 12.1 Å². The number of fused-ring (bicyclic) bond motifs is 1. The standard InChI is InChI=1S/C22H32N6O.HI/c1-15-6-7-19-18(13-25-21(19)12-15)8-9-24-22(23-4)26-14-20-16(2)27-28(17(20)3)10-11-29-5;/h6-7,12-13,25H,8-11,14H2,1-5H3,(H2,23,24,26);1H. The van der Waals surface area contributed by atoms with Crippen LogP contribution in [0.25, 0.3) is 10.9 Å². The molecule has 164 valence electrons. The lowest BCUT2D eigenvalue weighted by Gasteiger charge is -2.12. The number of ether oxygens (including phenoxy) is 1. The van der Waals surface area contributed by atoms with E-state index in [1.165, 1.54) is 27.6 Å². The molecule has 7 nitrogen and oxygen atoms in total. The molecule has 8 heteroatoms. The molecular formula is C22H33IN6O. The fourth-order valence-electron chi connectivity index (χ4n) is 3.60. The number of aromatic amines is 1. The number of aryl methyl sites for hydroxylation is 2. The van der Waals surface area contributed by atoms with E-state index in [-0.39, 0.29) is 24.0 Å². The number of hydrogen-bond donors (Lipinski definition) is 3. The molecule has 2 aromatic heterocycles. The SMILES string of the molecule is CN=C(NCCc1c[nH]c2cc(C)ccc12)NCc1c(C)nn(CCOC)c1C.I. The van der Waals surface area contributed by atoms with Crippen LogP contribution >= 0.6 is 24.0 Å². The molecule has 0 bridgehead atoms. The molecule has 0 radical (unpaired) electrons. The number of aromatic nitrogens is 3. The van der Waals surface area contributed by atoms with E-state index in [1.54, 1.807) is 14.2 Å². The number of halogens is 1. The van der Waals surface area contributed by atoms with Crippen molar-refractivity contribution in [3.8, 4) is 0 Å². The van der Waals surface area contributed by atoms with Crippen LogP contribution in [0, 0.1) is 20.8 Å². The summed E-state index contributed by atoms with van der Waals surface area (Å²) in [5.41, 5.74) is 7.18. The highest BCUT2D eigenvalue weighted by Crippen LogP contribution is 2.19. The first kappa shape index (κ1) is 24.2. The number of hydrogen-bond acceptors (Lipinski definition) is 3. The second-order valence-corrected chi connectivity index (χ2v) is 7.33. The van der Waals surface area contributed by atoms with Crippen LogP contribution in [0.5, 0.6) is 0 Å². The van der Waals surface area contributed by atoms with Crippen LogP contribution in [0.15, 0.2) is 29.4 Å². The summed E-state index contributed by atoms with van der Waals surface area (Å²) in [6, 6.07) is 6.53. The summed E-state index contributed by atoms with van der Waals surface area (Å²) in [6.07, 6.45) is 3.03. The Bertz CT molecular complexity index is 991. The van der Waals surface area contributed by atoms with E-state index in [0.717, 1.165) is 36.9 Å². The first-order chi connectivity index (χ1) is 14.0. The van der Waals surface area contributed by atoms with Crippen molar-refractivity contribution in [2.75, 3.05) is 27.3 Å². The van der Waals surface area contributed by atoms with Gasteiger partial charge in [0.05, 0.1) is 18.8 Å². The van der Waals surface area contributed by atoms with Crippen LogP contribution in [-0.2, 0) is 24.2 Å². The number of rotatable bonds is 8. The third kappa shape index (κ3) is 5.75. The van der Waals surface area contributed by atoms with Gasteiger partial charge in [-0.2, -0.15) is 5.10 Å². The molecule has 30 heavy (non-hydrogen) atoms. The maximum absolute atomic E-state index is 5.17. The van der Waals surface area contributed by atoms with E-state index in [1.807, 2.05) is 11.6 Å². The third-order valence-corrected chi connectivity index (χ3v) is 5.30. The van der Waals surface area contributed by atoms with Gasteiger partial charge < -0.3 is 20.4 Å². The molecule has 0 atom stereocenters. The maximum Gasteiger partial charge on any atom is 0.191 e. The summed E-state index contributed by atoms with van der Waals surface area (Å²) in [5.74, 6) is 0.795. The van der Waals surface area contributed by atoms with E-state index in [4.69, 9.17) is 4.74 Å². The molecule has 0 amide bonds. The Morgan fingerprint density at radius 2 is 2.03 bits per heavy atom. The molecule has 3 rings (SSSR count). The predicted octanol–water partition coefficient (Wildman–Crippen LogP) is 3.46. The molecule has 1 aromatic carbocycles. The highest BCUT2D eigenvalue weighted by Gasteiger charge is 2.12. The Kier molecular flexibility index (Phi) is 9.16. The van der Waals surface area contributed by atoms with E-state index in [0.29, 0.717) is 13.2 Å². The van der Waals surface area contributed by atoms with Gasteiger partial charge >= 0.3 is 0 Å². The summed E-state index contributed by atoms with van der Waals surface area (Å²) in [7, 11) is 3.51. The average molecular weight is 524 g/mol. The Morgan fingerprint density at radius 3 is 2.77 bits per heavy atom. The Labute approximate surface area is 195 Å². The van der Waals surface area contributed by atoms with Gasteiger partial charge in [-0.15, -0.1) is 24.0 Å². The van der Waals surface area contributed by atoms with Gasteiger partial charge in [-0.3, -0.25) is 9.67 Å². The van der Waals surface area contributed by atoms with Crippen LogP contribution in [0.4, 0.5) is 0 Å². The summed E-state index contributed by atoms with van der Waals surface area (Å²) in [5, 5.41) is 12.7. The molecule has 0 fully saturated rings. The van der Waals surface area contributed by atoms with Crippen LogP contribution in [0.2, 0.25) is 0 Å². The lowest BCUT2D eigenvalue weighted by molar-refractivity contribution is 0.182. The predicted molar refractivity (Wildman–Crippen MR) is 134 cm³/mol. The number of aliphatic imine (C=N–C) groups is 1. The molecule has 0 spiro atoms. The minimum atomic E-state index is 0. The van der Waals surface area contributed by atoms with Gasteiger partial charge in [0.25, 0.3) is 0 Å². The number of methoxy groups -OCH3 is 1. The molecule has 2 heterocycles. The first-order valence-electron chi connectivity index (χ1n) is 10.1. The van der Waals surface area contributed by atoms with Crippen LogP contribution in [0.3, 0.4) is 0 Å². The Balaban J connectivity index is 0.00000320. The molecule has 0 saturated heterocycles. The lowest BCUT2D eigenvalue weighted by atomic mass is 10.1. The zero-order valence-corrected chi connectivity index (χ0v) is 20.8. The van der Waals surface area contributed by atoms with Crippen molar-refractivity contribution in [1.29, 1.82) is 0 Å². The van der Waals surface area contributed by atoms with Crippen molar-refractivity contribution < 1.29 is 4.74 Å². The minimum Gasteiger partial charge on any atom is -0.383 e. The highest BCUT2D eigenvalue weighted by molar-refractivity contribution is 14.0. The molecular weight excluding hydrogens is 491 g/mol. The lowest BCUT2D eigenvalue weighted by Crippen LogP contribution is -2.38. The quantitative estimate of drug-likeness (QED) is 0.240. The fourth-order valence-corrected chi connectivity index (χ4v) is 3.60. The monoisotopic (exact) mass is 524 g/mol. The highest BCUT2D eigenvalue weighted by atomic mass is 127. The van der Waals surface area contributed by atoms with Crippen LogP contribution in [0.1, 0.15) is 28.1 Å². The van der Waals surface area contributed by atoms with Gasteiger partial charge in [0.2, 0.25) is 0 Å².